The van der Waals surface area contributed by atoms with Crippen LogP contribution >= 0.6 is 11.6 Å². The maximum absolute atomic E-state index is 12.2. The van der Waals surface area contributed by atoms with Crippen molar-refractivity contribution in [2.24, 2.45) is 0 Å². The van der Waals surface area contributed by atoms with Crippen molar-refractivity contribution in [2.45, 2.75) is 13.8 Å². The van der Waals surface area contributed by atoms with Crippen LogP contribution in [0.5, 0.6) is 0 Å². The molecule has 0 unspecified atom stereocenters. The van der Waals surface area contributed by atoms with Crippen molar-refractivity contribution < 1.29 is 4.79 Å². The van der Waals surface area contributed by atoms with Gasteiger partial charge in [0.15, 0.2) is 0 Å². The summed E-state index contributed by atoms with van der Waals surface area (Å²) in [5.74, 6) is -0.0668. The van der Waals surface area contributed by atoms with Gasteiger partial charge in [0.2, 0.25) is 5.78 Å². The molecule has 0 fully saturated rings. The fraction of sp³-hybridized carbons (Fsp3) is 0.143. The second kappa shape index (κ2) is 4.68. The molecule has 1 aromatic carbocycles. The van der Waals surface area contributed by atoms with E-state index in [1.807, 2.05) is 32.0 Å². The van der Waals surface area contributed by atoms with E-state index in [9.17, 15) is 4.79 Å². The Hall–Kier alpha value is -1.67. The van der Waals surface area contributed by atoms with E-state index in [0.717, 1.165) is 11.1 Å². The summed E-state index contributed by atoms with van der Waals surface area (Å²) in [4.78, 5) is 16.3. The van der Waals surface area contributed by atoms with E-state index in [2.05, 4.69) is 4.98 Å². The number of carbonyl (C=O) groups excluding carboxylic acids is 1. The molecule has 0 saturated carbocycles. The molecule has 2 rings (SSSR count). The van der Waals surface area contributed by atoms with Crippen LogP contribution in [0.3, 0.4) is 0 Å². The van der Waals surface area contributed by atoms with Gasteiger partial charge in [-0.2, -0.15) is 0 Å². The maximum Gasteiger partial charge on any atom is 0.211 e. The van der Waals surface area contributed by atoms with Crippen LogP contribution < -0.4 is 0 Å². The van der Waals surface area contributed by atoms with Gasteiger partial charge in [0.25, 0.3) is 0 Å². The van der Waals surface area contributed by atoms with Gasteiger partial charge in [-0.15, -0.1) is 0 Å². The molecule has 2 aromatic rings. The Morgan fingerprint density at radius 1 is 1.18 bits per heavy atom. The Morgan fingerprint density at radius 2 is 1.94 bits per heavy atom. The van der Waals surface area contributed by atoms with Crippen LogP contribution in [0.2, 0.25) is 5.02 Å². The fourth-order valence-electron chi connectivity index (χ4n) is 1.65. The molecule has 0 spiro atoms. The van der Waals surface area contributed by atoms with Crippen LogP contribution in [-0.4, -0.2) is 10.8 Å². The smallest absolute Gasteiger partial charge is 0.211 e. The lowest BCUT2D eigenvalue weighted by Crippen LogP contribution is -2.06. The lowest BCUT2D eigenvalue weighted by Gasteiger charge is -2.06. The van der Waals surface area contributed by atoms with Gasteiger partial charge in [-0.1, -0.05) is 29.8 Å². The topological polar surface area (TPSA) is 30.0 Å². The Bertz CT molecular complexity index is 561. The number of hydrogen-bond donors (Lipinski definition) is 0. The van der Waals surface area contributed by atoms with Crippen molar-refractivity contribution in [1.82, 2.24) is 4.98 Å². The SMILES string of the molecule is Cc1cccc(C(=O)c2ccc(Cl)cn2)c1C. The zero-order chi connectivity index (χ0) is 12.4. The fourth-order valence-corrected chi connectivity index (χ4v) is 1.76. The molecular formula is C14H12ClNO. The highest BCUT2D eigenvalue weighted by Crippen LogP contribution is 2.17. The summed E-state index contributed by atoms with van der Waals surface area (Å²) < 4.78 is 0. The van der Waals surface area contributed by atoms with Crippen molar-refractivity contribution in [1.29, 1.82) is 0 Å². The second-order valence-electron chi connectivity index (χ2n) is 3.94. The molecule has 0 amide bonds. The molecule has 3 heteroatoms. The quantitative estimate of drug-likeness (QED) is 0.757. The van der Waals surface area contributed by atoms with Crippen LogP contribution in [-0.2, 0) is 0 Å². The van der Waals surface area contributed by atoms with Crippen LogP contribution in [0.15, 0.2) is 36.5 Å². The first-order chi connectivity index (χ1) is 8.09. The first-order valence-corrected chi connectivity index (χ1v) is 5.70. The average Bonchev–Trinajstić information content (AvgIpc) is 2.33. The van der Waals surface area contributed by atoms with Gasteiger partial charge in [0.05, 0.1) is 5.02 Å². The number of pyridine rings is 1. The predicted octanol–water partition coefficient (Wildman–Crippen LogP) is 3.58. The monoisotopic (exact) mass is 245 g/mol. The Labute approximate surface area is 105 Å². The molecule has 0 bridgehead atoms. The van der Waals surface area contributed by atoms with E-state index in [1.165, 1.54) is 6.20 Å². The molecular weight excluding hydrogens is 234 g/mol. The van der Waals surface area contributed by atoms with Gasteiger partial charge in [-0.3, -0.25) is 9.78 Å². The summed E-state index contributed by atoms with van der Waals surface area (Å²) in [5.41, 5.74) is 3.21. The van der Waals surface area contributed by atoms with E-state index in [-0.39, 0.29) is 5.78 Å². The summed E-state index contributed by atoms with van der Waals surface area (Å²) in [7, 11) is 0. The molecule has 0 aliphatic heterocycles. The summed E-state index contributed by atoms with van der Waals surface area (Å²) in [6, 6.07) is 9.01. The standard InChI is InChI=1S/C14H12ClNO/c1-9-4-3-5-12(10(9)2)14(17)13-7-6-11(15)8-16-13/h3-8H,1-2H3. The number of ketones is 1. The van der Waals surface area contributed by atoms with Crippen molar-refractivity contribution in [2.75, 3.05) is 0 Å². The van der Waals surface area contributed by atoms with Crippen molar-refractivity contribution in [3.05, 3.63) is 63.9 Å². The van der Waals surface area contributed by atoms with Gasteiger partial charge < -0.3 is 0 Å². The van der Waals surface area contributed by atoms with Gasteiger partial charge in [0.1, 0.15) is 5.69 Å². The minimum Gasteiger partial charge on any atom is -0.287 e. The van der Waals surface area contributed by atoms with Crippen molar-refractivity contribution in [3.8, 4) is 0 Å². The van der Waals surface area contributed by atoms with E-state index in [0.29, 0.717) is 16.3 Å². The highest BCUT2D eigenvalue weighted by molar-refractivity contribution is 6.30. The minimum atomic E-state index is -0.0668. The summed E-state index contributed by atoms with van der Waals surface area (Å²) in [6.07, 6.45) is 1.49. The molecule has 0 saturated heterocycles. The molecule has 0 N–H and O–H groups in total. The highest BCUT2D eigenvalue weighted by atomic mass is 35.5. The van der Waals surface area contributed by atoms with Crippen LogP contribution in [0.1, 0.15) is 27.2 Å². The van der Waals surface area contributed by atoms with Crippen molar-refractivity contribution in [3.63, 3.8) is 0 Å². The molecule has 86 valence electrons. The third-order valence-electron chi connectivity index (χ3n) is 2.81. The number of benzene rings is 1. The molecule has 1 heterocycles. The van der Waals surface area contributed by atoms with E-state index < -0.39 is 0 Å². The molecule has 17 heavy (non-hydrogen) atoms. The lowest BCUT2D eigenvalue weighted by atomic mass is 9.98. The molecule has 2 nitrogen and oxygen atoms in total. The zero-order valence-electron chi connectivity index (χ0n) is 9.70. The third-order valence-corrected chi connectivity index (χ3v) is 3.03. The molecule has 0 radical (unpaired) electrons. The lowest BCUT2D eigenvalue weighted by molar-refractivity contribution is 0.103. The number of nitrogens with zero attached hydrogens (tertiary/aromatic N) is 1. The Morgan fingerprint density at radius 3 is 2.59 bits per heavy atom. The highest BCUT2D eigenvalue weighted by Gasteiger charge is 2.13. The predicted molar refractivity (Wildman–Crippen MR) is 68.6 cm³/mol. The van der Waals surface area contributed by atoms with Crippen LogP contribution in [0.4, 0.5) is 0 Å². The van der Waals surface area contributed by atoms with E-state index >= 15 is 0 Å². The third kappa shape index (κ3) is 2.37. The number of carbonyl (C=O) groups is 1. The number of aryl methyl sites for hydroxylation is 1. The summed E-state index contributed by atoms with van der Waals surface area (Å²) in [5, 5.41) is 0.530. The summed E-state index contributed by atoms with van der Waals surface area (Å²) >= 11 is 5.75. The number of rotatable bonds is 2. The molecule has 0 aliphatic carbocycles. The first-order valence-electron chi connectivity index (χ1n) is 5.32. The van der Waals surface area contributed by atoms with Gasteiger partial charge >= 0.3 is 0 Å². The number of aromatic nitrogens is 1. The van der Waals surface area contributed by atoms with Gasteiger partial charge in [0, 0.05) is 11.8 Å². The van der Waals surface area contributed by atoms with Crippen LogP contribution in [0.25, 0.3) is 0 Å². The van der Waals surface area contributed by atoms with E-state index in [1.54, 1.807) is 12.1 Å². The van der Waals surface area contributed by atoms with E-state index in [4.69, 9.17) is 11.6 Å². The molecule has 1 aromatic heterocycles. The van der Waals surface area contributed by atoms with Crippen LogP contribution in [0, 0.1) is 13.8 Å². The Balaban J connectivity index is 2.44. The van der Waals surface area contributed by atoms with Gasteiger partial charge in [-0.25, -0.2) is 0 Å². The van der Waals surface area contributed by atoms with Crippen molar-refractivity contribution >= 4 is 17.4 Å². The average molecular weight is 246 g/mol. The first kappa shape index (κ1) is 11.8. The molecule has 0 aliphatic rings. The second-order valence-corrected chi connectivity index (χ2v) is 4.37. The van der Waals surface area contributed by atoms with Gasteiger partial charge in [-0.05, 0) is 37.1 Å². The number of halogens is 1. The normalized spacial score (nSPS) is 10.3. The number of hydrogen-bond acceptors (Lipinski definition) is 2. The minimum absolute atomic E-state index is 0.0668. The molecule has 0 atom stereocenters. The summed E-state index contributed by atoms with van der Waals surface area (Å²) in [6.45, 7) is 3.93. The Kier molecular flexibility index (Phi) is 3.25. The largest absolute Gasteiger partial charge is 0.287 e. The maximum atomic E-state index is 12.2. The zero-order valence-corrected chi connectivity index (χ0v) is 10.5.